The Labute approximate surface area is 220 Å². The molecule has 0 fully saturated rings. The molecule has 1 unspecified atom stereocenters. The average Bonchev–Trinajstić information content (AvgIpc) is 3.19. The lowest BCUT2D eigenvalue weighted by Gasteiger charge is -2.14. The molecule has 0 radical (unpaired) electrons. The number of fused-ring (bicyclic) bond motifs is 1. The number of hydrogen-bond donors (Lipinski definition) is 0. The SMILES string of the molecule is CCOC(=O)C(OC(=O)c1cc(C)c2nc(C)n(Cc3ccc(-c4ccccc4)cc3Cl)c2c1)C(C)=O. The summed E-state index contributed by atoms with van der Waals surface area (Å²) in [5.41, 5.74) is 5.39. The van der Waals surface area contributed by atoms with Crippen molar-refractivity contribution < 1.29 is 23.9 Å². The first-order valence-electron chi connectivity index (χ1n) is 11.9. The molecule has 0 aliphatic heterocycles. The number of ether oxygens (including phenoxy) is 2. The van der Waals surface area contributed by atoms with Gasteiger partial charge in [-0.05, 0) is 68.1 Å². The number of benzene rings is 3. The van der Waals surface area contributed by atoms with E-state index in [9.17, 15) is 14.4 Å². The van der Waals surface area contributed by atoms with Crippen LogP contribution >= 0.6 is 11.6 Å². The Bertz CT molecular complexity index is 1490. The first kappa shape index (κ1) is 26.1. The number of hydrogen-bond acceptors (Lipinski definition) is 6. The molecule has 4 aromatic rings. The van der Waals surface area contributed by atoms with E-state index >= 15 is 0 Å². The molecule has 3 aromatic carbocycles. The van der Waals surface area contributed by atoms with E-state index in [-0.39, 0.29) is 12.2 Å². The first-order valence-corrected chi connectivity index (χ1v) is 12.3. The number of nitrogens with zero attached hydrogens (tertiary/aromatic N) is 2. The summed E-state index contributed by atoms with van der Waals surface area (Å²) >= 11 is 6.67. The van der Waals surface area contributed by atoms with Crippen molar-refractivity contribution in [3.63, 3.8) is 0 Å². The molecule has 0 saturated carbocycles. The molecule has 0 bridgehead atoms. The zero-order chi connectivity index (χ0) is 26.7. The lowest BCUT2D eigenvalue weighted by molar-refractivity contribution is -0.157. The van der Waals surface area contributed by atoms with Crippen molar-refractivity contribution in [2.75, 3.05) is 6.61 Å². The molecule has 0 aliphatic carbocycles. The van der Waals surface area contributed by atoms with Gasteiger partial charge in [-0.3, -0.25) is 4.79 Å². The van der Waals surface area contributed by atoms with E-state index in [0.29, 0.717) is 17.1 Å². The quantitative estimate of drug-likeness (QED) is 0.220. The molecular weight excluding hydrogens is 492 g/mol. The number of aromatic nitrogens is 2. The molecule has 0 saturated heterocycles. The van der Waals surface area contributed by atoms with Crippen molar-refractivity contribution >= 4 is 40.4 Å². The summed E-state index contributed by atoms with van der Waals surface area (Å²) in [6, 6.07) is 19.2. The first-order chi connectivity index (χ1) is 17.7. The topological polar surface area (TPSA) is 87.5 Å². The van der Waals surface area contributed by atoms with E-state index in [4.69, 9.17) is 21.1 Å². The summed E-state index contributed by atoms with van der Waals surface area (Å²) in [6.45, 7) is 7.01. The Kier molecular flexibility index (Phi) is 7.74. The Morgan fingerprint density at radius 3 is 2.38 bits per heavy atom. The van der Waals surface area contributed by atoms with E-state index in [1.165, 1.54) is 6.92 Å². The van der Waals surface area contributed by atoms with Crippen LogP contribution in [-0.4, -0.2) is 40.0 Å². The van der Waals surface area contributed by atoms with Crippen molar-refractivity contribution in [3.8, 4) is 11.1 Å². The second-order valence-corrected chi connectivity index (χ2v) is 9.13. The van der Waals surface area contributed by atoms with Crippen LogP contribution in [0.15, 0.2) is 60.7 Å². The smallest absolute Gasteiger partial charge is 0.355 e. The third kappa shape index (κ3) is 5.57. The molecule has 1 aromatic heterocycles. The molecule has 37 heavy (non-hydrogen) atoms. The number of esters is 2. The predicted octanol–water partition coefficient (Wildman–Crippen LogP) is 5.70. The maximum Gasteiger partial charge on any atom is 0.355 e. The highest BCUT2D eigenvalue weighted by molar-refractivity contribution is 6.31. The minimum atomic E-state index is -1.61. The van der Waals surface area contributed by atoms with Gasteiger partial charge in [0, 0.05) is 5.02 Å². The van der Waals surface area contributed by atoms with Gasteiger partial charge in [-0.2, -0.15) is 0 Å². The van der Waals surface area contributed by atoms with E-state index < -0.39 is 23.8 Å². The number of carbonyl (C=O) groups excluding carboxylic acids is 3. The number of halogens is 1. The molecule has 4 rings (SSSR count). The van der Waals surface area contributed by atoms with Crippen LogP contribution in [0.2, 0.25) is 5.02 Å². The molecule has 190 valence electrons. The number of imidazole rings is 1. The van der Waals surface area contributed by atoms with Gasteiger partial charge in [0.15, 0.2) is 5.78 Å². The summed E-state index contributed by atoms with van der Waals surface area (Å²) in [5, 5.41) is 0.619. The molecule has 0 aliphatic rings. The fourth-order valence-corrected chi connectivity index (χ4v) is 4.41. The highest BCUT2D eigenvalue weighted by Gasteiger charge is 2.30. The van der Waals surface area contributed by atoms with E-state index in [2.05, 4.69) is 4.98 Å². The van der Waals surface area contributed by atoms with Gasteiger partial charge in [0.1, 0.15) is 5.82 Å². The third-order valence-corrected chi connectivity index (χ3v) is 6.41. The summed E-state index contributed by atoms with van der Waals surface area (Å²) in [5.74, 6) is -1.55. The molecule has 0 spiro atoms. The molecule has 8 heteroatoms. The number of Topliss-reactive ketones (excluding diaryl/α,β-unsaturated/α-hetero) is 1. The van der Waals surface area contributed by atoms with Gasteiger partial charge >= 0.3 is 11.9 Å². The molecule has 7 nitrogen and oxygen atoms in total. The van der Waals surface area contributed by atoms with Gasteiger partial charge in [0.2, 0.25) is 0 Å². The monoisotopic (exact) mass is 518 g/mol. The van der Waals surface area contributed by atoms with Crippen molar-refractivity contribution in [1.29, 1.82) is 0 Å². The second kappa shape index (κ2) is 11.0. The minimum Gasteiger partial charge on any atom is -0.463 e. The van der Waals surface area contributed by atoms with Gasteiger partial charge in [-0.15, -0.1) is 0 Å². The Balaban J connectivity index is 1.66. The van der Waals surface area contributed by atoms with Crippen LogP contribution in [0.25, 0.3) is 22.2 Å². The molecule has 0 amide bonds. The maximum absolute atomic E-state index is 12.9. The Hall–Kier alpha value is -3.97. The predicted molar refractivity (Wildman–Crippen MR) is 142 cm³/mol. The maximum atomic E-state index is 12.9. The normalized spacial score (nSPS) is 11.8. The van der Waals surface area contributed by atoms with Gasteiger partial charge in [0.25, 0.3) is 6.10 Å². The number of carbonyl (C=O) groups is 3. The van der Waals surface area contributed by atoms with Gasteiger partial charge < -0.3 is 14.0 Å². The molecular formula is C29H27ClN2O5. The Morgan fingerprint density at radius 2 is 1.73 bits per heavy atom. The molecule has 0 N–H and O–H groups in total. The van der Waals surface area contributed by atoms with Crippen LogP contribution < -0.4 is 0 Å². The lowest BCUT2D eigenvalue weighted by atomic mass is 10.0. The number of rotatable bonds is 8. The summed E-state index contributed by atoms with van der Waals surface area (Å²) < 4.78 is 12.1. The van der Waals surface area contributed by atoms with Crippen LogP contribution in [0.1, 0.15) is 41.2 Å². The van der Waals surface area contributed by atoms with Crippen LogP contribution in [0, 0.1) is 13.8 Å². The molecule has 1 atom stereocenters. The summed E-state index contributed by atoms with van der Waals surface area (Å²) in [7, 11) is 0. The molecule has 1 heterocycles. The van der Waals surface area contributed by atoms with Crippen LogP contribution in [-0.2, 0) is 25.6 Å². The average molecular weight is 519 g/mol. The summed E-state index contributed by atoms with van der Waals surface area (Å²) in [4.78, 5) is 41.6. The van der Waals surface area contributed by atoms with Crippen LogP contribution in [0.4, 0.5) is 0 Å². The van der Waals surface area contributed by atoms with Gasteiger partial charge in [0.05, 0.1) is 29.7 Å². The standard InChI is InChI=1S/C29H27ClN2O5/c1-5-36-29(35)27(18(3)33)37-28(34)23-13-17(2)26-25(15-23)32(19(4)31-26)16-22-12-11-21(14-24(22)30)20-9-7-6-8-10-20/h6-15,27H,5,16H2,1-4H3. The van der Waals surface area contributed by atoms with E-state index in [0.717, 1.165) is 33.6 Å². The second-order valence-electron chi connectivity index (χ2n) is 8.73. The minimum absolute atomic E-state index is 0.0680. The highest BCUT2D eigenvalue weighted by atomic mass is 35.5. The van der Waals surface area contributed by atoms with E-state index in [1.54, 1.807) is 19.1 Å². The fourth-order valence-electron chi connectivity index (χ4n) is 4.17. The Morgan fingerprint density at radius 1 is 1.00 bits per heavy atom. The lowest BCUT2D eigenvalue weighted by Crippen LogP contribution is -2.35. The fraction of sp³-hybridized carbons (Fsp3) is 0.241. The van der Waals surface area contributed by atoms with Crippen LogP contribution in [0.3, 0.4) is 0 Å². The number of aryl methyl sites for hydroxylation is 2. The van der Waals surface area contributed by atoms with Crippen LogP contribution in [0.5, 0.6) is 0 Å². The van der Waals surface area contributed by atoms with Gasteiger partial charge in [-0.25, -0.2) is 14.6 Å². The zero-order valence-corrected chi connectivity index (χ0v) is 21.8. The van der Waals surface area contributed by atoms with Crippen molar-refractivity contribution in [1.82, 2.24) is 9.55 Å². The van der Waals surface area contributed by atoms with Gasteiger partial charge in [-0.1, -0.05) is 54.1 Å². The highest BCUT2D eigenvalue weighted by Crippen LogP contribution is 2.29. The third-order valence-electron chi connectivity index (χ3n) is 6.05. The van der Waals surface area contributed by atoms with Crippen molar-refractivity contribution in [2.24, 2.45) is 0 Å². The largest absolute Gasteiger partial charge is 0.463 e. The van der Waals surface area contributed by atoms with Crippen molar-refractivity contribution in [3.05, 3.63) is 88.2 Å². The summed E-state index contributed by atoms with van der Waals surface area (Å²) in [6.07, 6.45) is -1.61. The number of ketones is 1. The zero-order valence-electron chi connectivity index (χ0n) is 21.1. The van der Waals surface area contributed by atoms with Crippen molar-refractivity contribution in [2.45, 2.75) is 40.3 Å². The van der Waals surface area contributed by atoms with E-state index in [1.807, 2.05) is 66.9 Å².